The van der Waals surface area contributed by atoms with E-state index in [0.717, 1.165) is 16.5 Å². The molecule has 1 unspecified atom stereocenters. The lowest BCUT2D eigenvalue weighted by Gasteiger charge is -2.34. The molecular formula is C21H25N3O4. The predicted molar refractivity (Wildman–Crippen MR) is 107 cm³/mol. The fourth-order valence-electron chi connectivity index (χ4n) is 3.30. The topological polar surface area (TPSA) is 87.7 Å². The van der Waals surface area contributed by atoms with E-state index in [1.165, 1.54) is 4.90 Å². The Kier molecular flexibility index (Phi) is 6.47. The molecule has 0 aliphatic carbocycles. The molecule has 0 saturated carbocycles. The first kappa shape index (κ1) is 19.7. The molecule has 28 heavy (non-hydrogen) atoms. The lowest BCUT2D eigenvalue weighted by molar-refractivity contribution is -0.151. The van der Waals surface area contributed by atoms with E-state index in [1.54, 1.807) is 0 Å². The number of amides is 2. The van der Waals surface area contributed by atoms with Crippen LogP contribution in [0.1, 0.15) is 19.8 Å². The summed E-state index contributed by atoms with van der Waals surface area (Å²) in [5, 5.41) is 7.98. The van der Waals surface area contributed by atoms with Crippen molar-refractivity contribution in [2.45, 2.75) is 25.8 Å². The maximum atomic E-state index is 12.8. The Morgan fingerprint density at radius 3 is 2.82 bits per heavy atom. The minimum Gasteiger partial charge on any atom is -0.466 e. The molecule has 148 valence electrons. The Morgan fingerprint density at radius 2 is 2.00 bits per heavy atom. The second-order valence-corrected chi connectivity index (χ2v) is 6.70. The number of carbonyl (C=O) groups excluding carboxylic acids is 3. The summed E-state index contributed by atoms with van der Waals surface area (Å²) in [5.74, 6) is -1.02. The highest BCUT2D eigenvalue weighted by atomic mass is 16.5. The van der Waals surface area contributed by atoms with Gasteiger partial charge in [-0.3, -0.25) is 14.4 Å². The maximum Gasteiger partial charge on any atom is 0.308 e. The van der Waals surface area contributed by atoms with Gasteiger partial charge in [-0.05, 0) is 17.9 Å². The standard InChI is InChI=1S/C21H25N3O4/c1-2-12-28-20(26)13-18-21(27)22-10-11-24(18)19(25)14-23-17-9-5-7-15-6-3-4-8-16(15)17/h3-9,18,23H,2,10-14H2,1H3,(H,22,27). The molecule has 0 bridgehead atoms. The summed E-state index contributed by atoms with van der Waals surface area (Å²) in [6, 6.07) is 12.9. The molecule has 2 aromatic carbocycles. The van der Waals surface area contributed by atoms with Crippen LogP contribution < -0.4 is 10.6 Å². The van der Waals surface area contributed by atoms with E-state index in [4.69, 9.17) is 4.74 Å². The van der Waals surface area contributed by atoms with E-state index < -0.39 is 12.0 Å². The third-order valence-corrected chi connectivity index (χ3v) is 4.70. The number of esters is 1. The number of nitrogens with zero attached hydrogens (tertiary/aromatic N) is 1. The van der Waals surface area contributed by atoms with E-state index in [-0.39, 0.29) is 24.8 Å². The SMILES string of the molecule is CCCOC(=O)CC1C(=O)NCCN1C(=O)CNc1cccc2ccccc12. The van der Waals surface area contributed by atoms with Crippen LogP contribution in [0.2, 0.25) is 0 Å². The zero-order chi connectivity index (χ0) is 19.9. The zero-order valence-corrected chi connectivity index (χ0v) is 15.9. The number of piperazine rings is 1. The predicted octanol–water partition coefficient (Wildman–Crippen LogP) is 1.92. The Hall–Kier alpha value is -3.09. The Balaban J connectivity index is 1.67. The van der Waals surface area contributed by atoms with Crippen LogP contribution in [0.3, 0.4) is 0 Å². The molecule has 2 aromatic rings. The molecule has 3 rings (SSSR count). The van der Waals surface area contributed by atoms with Crippen LogP contribution >= 0.6 is 0 Å². The van der Waals surface area contributed by atoms with E-state index in [0.29, 0.717) is 26.1 Å². The number of nitrogens with one attached hydrogen (secondary N) is 2. The van der Waals surface area contributed by atoms with E-state index in [2.05, 4.69) is 10.6 Å². The van der Waals surface area contributed by atoms with Gasteiger partial charge in [0.1, 0.15) is 6.04 Å². The van der Waals surface area contributed by atoms with Crippen LogP contribution in [0, 0.1) is 0 Å². The van der Waals surface area contributed by atoms with Gasteiger partial charge in [-0.25, -0.2) is 0 Å². The van der Waals surface area contributed by atoms with Crippen molar-refractivity contribution in [3.8, 4) is 0 Å². The third-order valence-electron chi connectivity index (χ3n) is 4.70. The van der Waals surface area contributed by atoms with Crippen molar-refractivity contribution in [1.29, 1.82) is 0 Å². The largest absolute Gasteiger partial charge is 0.466 e. The second-order valence-electron chi connectivity index (χ2n) is 6.70. The summed E-state index contributed by atoms with van der Waals surface area (Å²) < 4.78 is 5.08. The van der Waals surface area contributed by atoms with Gasteiger partial charge in [-0.2, -0.15) is 0 Å². The lowest BCUT2D eigenvalue weighted by atomic mass is 10.1. The number of ether oxygens (including phenoxy) is 1. The number of fused-ring (bicyclic) bond motifs is 1. The van der Waals surface area contributed by atoms with Crippen molar-refractivity contribution in [1.82, 2.24) is 10.2 Å². The summed E-state index contributed by atoms with van der Waals surface area (Å²) in [5.41, 5.74) is 0.854. The molecule has 0 spiro atoms. The Labute approximate surface area is 164 Å². The fourth-order valence-corrected chi connectivity index (χ4v) is 3.30. The monoisotopic (exact) mass is 383 g/mol. The third kappa shape index (κ3) is 4.60. The first-order valence-electron chi connectivity index (χ1n) is 9.54. The number of rotatable bonds is 7. The Bertz CT molecular complexity index is 862. The number of carbonyl (C=O) groups is 3. The number of hydrogen-bond donors (Lipinski definition) is 2. The van der Waals surface area contributed by atoms with Gasteiger partial charge in [0.15, 0.2) is 0 Å². The van der Waals surface area contributed by atoms with Crippen LogP contribution in [0.4, 0.5) is 5.69 Å². The van der Waals surface area contributed by atoms with Crippen molar-refractivity contribution in [3.63, 3.8) is 0 Å². The lowest BCUT2D eigenvalue weighted by Crippen LogP contribution is -2.58. The van der Waals surface area contributed by atoms with Gasteiger partial charge in [0, 0.05) is 24.2 Å². The average molecular weight is 383 g/mol. The molecule has 1 fully saturated rings. The summed E-state index contributed by atoms with van der Waals surface area (Å²) in [6.45, 7) is 2.99. The van der Waals surface area contributed by atoms with Gasteiger partial charge in [-0.1, -0.05) is 43.3 Å². The molecule has 7 nitrogen and oxygen atoms in total. The van der Waals surface area contributed by atoms with Crippen molar-refractivity contribution >= 4 is 34.2 Å². The quantitative estimate of drug-likeness (QED) is 0.714. The molecule has 1 aliphatic heterocycles. The number of anilines is 1. The van der Waals surface area contributed by atoms with Gasteiger partial charge < -0.3 is 20.3 Å². The van der Waals surface area contributed by atoms with Gasteiger partial charge in [0.2, 0.25) is 11.8 Å². The molecular weight excluding hydrogens is 358 g/mol. The van der Waals surface area contributed by atoms with Crippen LogP contribution in [-0.2, 0) is 19.1 Å². The second kappa shape index (κ2) is 9.21. The summed E-state index contributed by atoms with van der Waals surface area (Å²) >= 11 is 0. The smallest absolute Gasteiger partial charge is 0.308 e. The molecule has 1 saturated heterocycles. The normalized spacial score (nSPS) is 16.5. The summed E-state index contributed by atoms with van der Waals surface area (Å²) in [4.78, 5) is 38.4. The van der Waals surface area contributed by atoms with Crippen LogP contribution in [0.25, 0.3) is 10.8 Å². The van der Waals surface area contributed by atoms with Crippen molar-refractivity contribution < 1.29 is 19.1 Å². The highest BCUT2D eigenvalue weighted by Gasteiger charge is 2.34. The molecule has 0 aromatic heterocycles. The van der Waals surface area contributed by atoms with Gasteiger partial charge >= 0.3 is 5.97 Å². The molecule has 2 N–H and O–H groups in total. The van der Waals surface area contributed by atoms with Crippen molar-refractivity contribution in [3.05, 3.63) is 42.5 Å². The highest BCUT2D eigenvalue weighted by Crippen LogP contribution is 2.23. The molecule has 1 atom stereocenters. The molecule has 1 heterocycles. The van der Waals surface area contributed by atoms with Gasteiger partial charge in [0.25, 0.3) is 0 Å². The number of benzene rings is 2. The minimum atomic E-state index is -0.833. The van der Waals surface area contributed by atoms with Crippen LogP contribution in [-0.4, -0.2) is 55.0 Å². The minimum absolute atomic E-state index is 0.0434. The number of hydrogen-bond acceptors (Lipinski definition) is 5. The summed E-state index contributed by atoms with van der Waals surface area (Å²) in [7, 11) is 0. The van der Waals surface area contributed by atoms with Crippen LogP contribution in [0.15, 0.2) is 42.5 Å². The maximum absolute atomic E-state index is 12.8. The van der Waals surface area contributed by atoms with E-state index in [9.17, 15) is 14.4 Å². The van der Waals surface area contributed by atoms with Crippen molar-refractivity contribution in [2.24, 2.45) is 0 Å². The van der Waals surface area contributed by atoms with E-state index in [1.807, 2.05) is 49.4 Å². The Morgan fingerprint density at radius 1 is 1.21 bits per heavy atom. The first-order valence-corrected chi connectivity index (χ1v) is 9.54. The van der Waals surface area contributed by atoms with Crippen LogP contribution in [0.5, 0.6) is 0 Å². The van der Waals surface area contributed by atoms with Gasteiger partial charge in [-0.15, -0.1) is 0 Å². The fraction of sp³-hybridized carbons (Fsp3) is 0.381. The van der Waals surface area contributed by atoms with Crippen molar-refractivity contribution in [2.75, 3.05) is 31.6 Å². The molecule has 2 amide bonds. The molecule has 0 radical (unpaired) electrons. The average Bonchev–Trinajstić information content (AvgIpc) is 2.72. The zero-order valence-electron chi connectivity index (χ0n) is 15.9. The molecule has 7 heteroatoms. The first-order chi connectivity index (χ1) is 13.6. The molecule has 1 aliphatic rings. The van der Waals surface area contributed by atoms with E-state index >= 15 is 0 Å². The summed E-state index contributed by atoms with van der Waals surface area (Å²) in [6.07, 6.45) is 0.575. The van der Waals surface area contributed by atoms with Gasteiger partial charge in [0.05, 0.1) is 19.6 Å². The highest BCUT2D eigenvalue weighted by molar-refractivity contribution is 5.96.